The van der Waals surface area contributed by atoms with Gasteiger partial charge in [-0.3, -0.25) is 0 Å². The summed E-state index contributed by atoms with van der Waals surface area (Å²) in [6.07, 6.45) is 3.01. The Hall–Kier alpha value is -1.87. The first kappa shape index (κ1) is 15.5. The van der Waals surface area contributed by atoms with Crippen molar-refractivity contribution in [2.75, 3.05) is 6.54 Å². The number of ether oxygens (including phenoxy) is 1. The normalized spacial score (nSPS) is 12.2. The summed E-state index contributed by atoms with van der Waals surface area (Å²) in [6, 6.07) is 10.5. The molecule has 1 N–H and O–H groups in total. The fourth-order valence-corrected chi connectivity index (χ4v) is 2.21. The zero-order valence-electron chi connectivity index (χ0n) is 13.3. The van der Waals surface area contributed by atoms with Gasteiger partial charge < -0.3 is 10.1 Å². The van der Waals surface area contributed by atoms with Crippen LogP contribution in [0.25, 0.3) is 0 Å². The summed E-state index contributed by atoms with van der Waals surface area (Å²) >= 11 is 0. The van der Waals surface area contributed by atoms with Gasteiger partial charge in [0.2, 0.25) is 5.88 Å². The van der Waals surface area contributed by atoms with Crippen molar-refractivity contribution in [2.45, 2.75) is 40.2 Å². The molecular weight excluding hydrogens is 260 g/mol. The van der Waals surface area contributed by atoms with Crippen molar-refractivity contribution in [1.82, 2.24) is 10.3 Å². The van der Waals surface area contributed by atoms with E-state index in [1.807, 2.05) is 31.3 Å². The third-order valence-corrected chi connectivity index (χ3v) is 3.50. The van der Waals surface area contributed by atoms with E-state index in [-0.39, 0.29) is 0 Å². The molecule has 3 heteroatoms. The molecule has 0 saturated heterocycles. The first-order valence-electron chi connectivity index (χ1n) is 7.54. The molecule has 0 bridgehead atoms. The molecule has 0 aliphatic heterocycles. The van der Waals surface area contributed by atoms with Crippen LogP contribution < -0.4 is 10.1 Å². The minimum atomic E-state index is 0.313. The second-order valence-corrected chi connectivity index (χ2v) is 5.48. The Kier molecular flexibility index (Phi) is 5.34. The highest BCUT2D eigenvalue weighted by Gasteiger charge is 2.06. The van der Waals surface area contributed by atoms with Crippen LogP contribution in [-0.2, 0) is 0 Å². The summed E-state index contributed by atoms with van der Waals surface area (Å²) in [5.74, 6) is 1.49. The second kappa shape index (κ2) is 7.23. The average molecular weight is 284 g/mol. The average Bonchev–Trinajstić information content (AvgIpc) is 2.48. The first-order valence-corrected chi connectivity index (χ1v) is 7.54. The van der Waals surface area contributed by atoms with E-state index in [1.54, 1.807) is 0 Å². The predicted octanol–water partition coefficient (Wildman–Crippen LogP) is 4.55. The number of hydrogen-bond donors (Lipinski definition) is 1. The van der Waals surface area contributed by atoms with Crippen molar-refractivity contribution < 1.29 is 4.74 Å². The highest BCUT2D eigenvalue weighted by molar-refractivity contribution is 5.38. The summed E-state index contributed by atoms with van der Waals surface area (Å²) in [5.41, 5.74) is 3.54. The topological polar surface area (TPSA) is 34.1 Å². The van der Waals surface area contributed by atoms with Crippen LogP contribution in [0.1, 0.15) is 43.0 Å². The fourth-order valence-electron chi connectivity index (χ4n) is 2.21. The van der Waals surface area contributed by atoms with E-state index in [9.17, 15) is 0 Å². The number of pyridine rings is 1. The van der Waals surface area contributed by atoms with Crippen LogP contribution in [0.15, 0.2) is 36.5 Å². The van der Waals surface area contributed by atoms with E-state index in [0.29, 0.717) is 11.9 Å². The molecule has 0 fully saturated rings. The van der Waals surface area contributed by atoms with Gasteiger partial charge in [-0.25, -0.2) is 4.98 Å². The standard InChI is InChI=1S/C18H24N2O/c1-5-10-19-15(4)16-7-9-18(20-12-16)21-17-8-6-13(2)11-14(17)3/h6-9,11-12,15,19H,5,10H2,1-4H3. The molecule has 1 unspecified atom stereocenters. The van der Waals surface area contributed by atoms with Gasteiger partial charge in [-0.15, -0.1) is 0 Å². The van der Waals surface area contributed by atoms with E-state index in [4.69, 9.17) is 4.74 Å². The van der Waals surface area contributed by atoms with Gasteiger partial charge in [0.1, 0.15) is 5.75 Å². The Labute approximate surface area is 127 Å². The molecule has 1 aromatic carbocycles. The number of nitrogens with one attached hydrogen (secondary N) is 1. The molecule has 21 heavy (non-hydrogen) atoms. The molecule has 0 radical (unpaired) electrons. The summed E-state index contributed by atoms with van der Waals surface area (Å²) < 4.78 is 5.85. The molecule has 2 aromatic rings. The quantitative estimate of drug-likeness (QED) is 0.845. The SMILES string of the molecule is CCCNC(C)c1ccc(Oc2ccc(C)cc2C)nc1. The van der Waals surface area contributed by atoms with E-state index in [2.05, 4.69) is 43.2 Å². The lowest BCUT2D eigenvalue weighted by Gasteiger charge is -2.14. The second-order valence-electron chi connectivity index (χ2n) is 5.48. The summed E-state index contributed by atoms with van der Waals surface area (Å²) in [4.78, 5) is 4.40. The summed E-state index contributed by atoms with van der Waals surface area (Å²) in [7, 11) is 0. The van der Waals surface area contributed by atoms with E-state index >= 15 is 0 Å². The Balaban J connectivity index is 2.05. The Morgan fingerprint density at radius 3 is 2.62 bits per heavy atom. The molecule has 0 aliphatic rings. The van der Waals surface area contributed by atoms with E-state index in [0.717, 1.165) is 24.3 Å². The number of aryl methyl sites for hydroxylation is 2. The van der Waals surface area contributed by atoms with Crippen molar-refractivity contribution in [3.63, 3.8) is 0 Å². The molecule has 112 valence electrons. The lowest BCUT2D eigenvalue weighted by molar-refractivity contribution is 0.458. The van der Waals surface area contributed by atoms with Crippen LogP contribution in [0.5, 0.6) is 11.6 Å². The number of nitrogens with zero attached hydrogens (tertiary/aromatic N) is 1. The number of hydrogen-bond acceptors (Lipinski definition) is 3. The van der Waals surface area contributed by atoms with Gasteiger partial charge in [0.05, 0.1) is 0 Å². The van der Waals surface area contributed by atoms with Gasteiger partial charge in [-0.05, 0) is 50.9 Å². The molecule has 3 nitrogen and oxygen atoms in total. The Morgan fingerprint density at radius 1 is 1.19 bits per heavy atom. The molecule has 1 heterocycles. The third kappa shape index (κ3) is 4.30. The van der Waals surface area contributed by atoms with Crippen molar-refractivity contribution >= 4 is 0 Å². The maximum atomic E-state index is 5.85. The zero-order valence-corrected chi connectivity index (χ0v) is 13.3. The van der Waals surface area contributed by atoms with E-state index < -0.39 is 0 Å². The molecule has 0 amide bonds. The summed E-state index contributed by atoms with van der Waals surface area (Å²) in [5, 5.41) is 3.45. The van der Waals surface area contributed by atoms with Crippen LogP contribution in [0.3, 0.4) is 0 Å². The third-order valence-electron chi connectivity index (χ3n) is 3.50. The van der Waals surface area contributed by atoms with E-state index in [1.165, 1.54) is 11.1 Å². The molecular formula is C18H24N2O. The van der Waals surface area contributed by atoms with Crippen molar-refractivity contribution in [3.8, 4) is 11.6 Å². The largest absolute Gasteiger partial charge is 0.439 e. The number of aromatic nitrogens is 1. The van der Waals surface area contributed by atoms with Crippen LogP contribution in [0.4, 0.5) is 0 Å². The van der Waals surface area contributed by atoms with Gasteiger partial charge in [0.15, 0.2) is 0 Å². The highest BCUT2D eigenvalue weighted by Crippen LogP contribution is 2.25. The molecule has 1 aromatic heterocycles. The van der Waals surface area contributed by atoms with Gasteiger partial charge in [-0.2, -0.15) is 0 Å². The maximum Gasteiger partial charge on any atom is 0.219 e. The maximum absolute atomic E-state index is 5.85. The lowest BCUT2D eigenvalue weighted by atomic mass is 10.1. The highest BCUT2D eigenvalue weighted by atomic mass is 16.5. The minimum absolute atomic E-state index is 0.313. The fraction of sp³-hybridized carbons (Fsp3) is 0.389. The molecule has 0 aliphatic carbocycles. The lowest BCUT2D eigenvalue weighted by Crippen LogP contribution is -2.19. The number of rotatable bonds is 6. The zero-order chi connectivity index (χ0) is 15.2. The van der Waals surface area contributed by atoms with Crippen molar-refractivity contribution in [3.05, 3.63) is 53.2 Å². The van der Waals surface area contributed by atoms with Crippen LogP contribution >= 0.6 is 0 Å². The minimum Gasteiger partial charge on any atom is -0.439 e. The number of benzene rings is 1. The molecule has 2 rings (SSSR count). The van der Waals surface area contributed by atoms with Crippen LogP contribution in [0, 0.1) is 13.8 Å². The Morgan fingerprint density at radius 2 is 2.00 bits per heavy atom. The summed E-state index contributed by atoms with van der Waals surface area (Å²) in [6.45, 7) is 9.46. The first-order chi connectivity index (χ1) is 10.1. The van der Waals surface area contributed by atoms with Crippen LogP contribution in [-0.4, -0.2) is 11.5 Å². The molecule has 0 spiro atoms. The van der Waals surface area contributed by atoms with Gasteiger partial charge in [0.25, 0.3) is 0 Å². The van der Waals surface area contributed by atoms with Gasteiger partial charge in [0, 0.05) is 18.3 Å². The van der Waals surface area contributed by atoms with Crippen molar-refractivity contribution in [2.24, 2.45) is 0 Å². The molecule has 0 saturated carbocycles. The van der Waals surface area contributed by atoms with Gasteiger partial charge >= 0.3 is 0 Å². The van der Waals surface area contributed by atoms with Crippen LogP contribution in [0.2, 0.25) is 0 Å². The molecule has 1 atom stereocenters. The van der Waals surface area contributed by atoms with Crippen molar-refractivity contribution in [1.29, 1.82) is 0 Å². The monoisotopic (exact) mass is 284 g/mol. The van der Waals surface area contributed by atoms with Gasteiger partial charge in [-0.1, -0.05) is 30.7 Å². The Bertz CT molecular complexity index is 578. The smallest absolute Gasteiger partial charge is 0.219 e. The predicted molar refractivity (Wildman–Crippen MR) is 86.9 cm³/mol.